The van der Waals surface area contributed by atoms with Gasteiger partial charge in [0.05, 0.1) is 10.5 Å². The molecule has 0 unspecified atom stereocenters. The first-order chi connectivity index (χ1) is 9.82. The maximum absolute atomic E-state index is 12.3. The second-order valence-corrected chi connectivity index (χ2v) is 8.10. The molecule has 2 N–H and O–H groups in total. The fourth-order valence-corrected chi connectivity index (χ4v) is 3.85. The molecule has 0 bridgehead atoms. The Kier molecular flexibility index (Phi) is 5.07. The summed E-state index contributed by atoms with van der Waals surface area (Å²) < 4.78 is 27.1. The molecule has 2 rings (SSSR count). The Hall–Kier alpha value is -0.910. The molecule has 0 atom stereocenters. The van der Waals surface area contributed by atoms with Crippen molar-refractivity contribution < 1.29 is 13.5 Å². The summed E-state index contributed by atoms with van der Waals surface area (Å²) >= 11 is 0. The molecule has 5 heteroatoms. The summed E-state index contributed by atoms with van der Waals surface area (Å²) in [5, 5.41) is 10.4. The lowest BCUT2D eigenvalue weighted by Crippen LogP contribution is -2.44. The Bertz CT molecular complexity index is 558. The Morgan fingerprint density at radius 1 is 1.14 bits per heavy atom. The minimum Gasteiger partial charge on any atom is -0.389 e. The molecule has 1 aliphatic carbocycles. The van der Waals surface area contributed by atoms with Gasteiger partial charge in [-0.05, 0) is 36.5 Å². The second-order valence-electron chi connectivity index (χ2n) is 6.33. The van der Waals surface area contributed by atoms with Gasteiger partial charge >= 0.3 is 0 Å². The van der Waals surface area contributed by atoms with Crippen molar-refractivity contribution in [1.29, 1.82) is 0 Å². The average Bonchev–Trinajstić information content (AvgIpc) is 2.46. The normalized spacial score (nSPS) is 18.9. The van der Waals surface area contributed by atoms with E-state index in [4.69, 9.17) is 0 Å². The van der Waals surface area contributed by atoms with Gasteiger partial charge in [0.1, 0.15) is 0 Å². The molecule has 1 aliphatic rings. The molecule has 21 heavy (non-hydrogen) atoms. The van der Waals surface area contributed by atoms with Crippen LogP contribution in [-0.2, 0) is 10.0 Å². The van der Waals surface area contributed by atoms with Crippen LogP contribution in [0.4, 0.5) is 0 Å². The van der Waals surface area contributed by atoms with E-state index in [1.807, 2.05) is 12.1 Å². The minimum absolute atomic E-state index is 0.0985. The molecular weight excluding hydrogens is 286 g/mol. The molecule has 1 fully saturated rings. The highest BCUT2D eigenvalue weighted by Gasteiger charge is 2.30. The van der Waals surface area contributed by atoms with Crippen molar-refractivity contribution in [3.8, 4) is 0 Å². The van der Waals surface area contributed by atoms with Gasteiger partial charge in [-0.3, -0.25) is 0 Å². The van der Waals surface area contributed by atoms with Gasteiger partial charge in [-0.2, -0.15) is 0 Å². The van der Waals surface area contributed by atoms with Crippen LogP contribution in [0.3, 0.4) is 0 Å². The molecule has 1 aromatic carbocycles. The highest BCUT2D eigenvalue weighted by atomic mass is 32.2. The first-order valence-electron chi connectivity index (χ1n) is 7.64. The van der Waals surface area contributed by atoms with Gasteiger partial charge in [0.25, 0.3) is 0 Å². The summed E-state index contributed by atoms with van der Waals surface area (Å²) in [7, 11) is -3.55. The topological polar surface area (TPSA) is 66.4 Å². The van der Waals surface area contributed by atoms with Gasteiger partial charge in [-0.1, -0.05) is 45.2 Å². The Morgan fingerprint density at radius 2 is 1.71 bits per heavy atom. The fraction of sp³-hybridized carbons (Fsp3) is 0.625. The first-order valence-corrected chi connectivity index (χ1v) is 9.13. The van der Waals surface area contributed by atoms with E-state index in [9.17, 15) is 13.5 Å². The van der Waals surface area contributed by atoms with Crippen molar-refractivity contribution in [2.45, 2.75) is 62.4 Å². The van der Waals surface area contributed by atoms with Crippen LogP contribution in [0, 0.1) is 0 Å². The maximum Gasteiger partial charge on any atom is 0.240 e. The molecule has 0 heterocycles. The number of nitrogens with one attached hydrogen (secondary N) is 1. The molecule has 0 amide bonds. The highest BCUT2D eigenvalue weighted by Crippen LogP contribution is 2.27. The van der Waals surface area contributed by atoms with Gasteiger partial charge in [0.15, 0.2) is 0 Å². The molecule has 4 nitrogen and oxygen atoms in total. The lowest BCUT2D eigenvalue weighted by Gasteiger charge is -2.32. The highest BCUT2D eigenvalue weighted by molar-refractivity contribution is 7.89. The predicted octanol–water partition coefficient (Wildman–Crippen LogP) is 2.78. The van der Waals surface area contributed by atoms with Crippen LogP contribution < -0.4 is 4.72 Å². The van der Waals surface area contributed by atoms with Crippen molar-refractivity contribution in [3.05, 3.63) is 29.8 Å². The van der Waals surface area contributed by atoms with Crippen LogP contribution >= 0.6 is 0 Å². The lowest BCUT2D eigenvalue weighted by atomic mass is 9.85. The van der Waals surface area contributed by atoms with E-state index in [0.29, 0.717) is 18.8 Å². The van der Waals surface area contributed by atoms with E-state index in [0.717, 1.165) is 24.8 Å². The summed E-state index contributed by atoms with van der Waals surface area (Å²) in [4.78, 5) is 0.256. The van der Waals surface area contributed by atoms with Crippen LogP contribution in [0.15, 0.2) is 29.2 Å². The molecular formula is C16H25NO3S. The van der Waals surface area contributed by atoms with E-state index in [1.165, 1.54) is 0 Å². The number of benzene rings is 1. The number of aliphatic hydroxyl groups is 1. The molecule has 0 spiro atoms. The number of sulfonamides is 1. The molecule has 0 aliphatic heterocycles. The van der Waals surface area contributed by atoms with E-state index in [-0.39, 0.29) is 11.4 Å². The Balaban J connectivity index is 2.04. The van der Waals surface area contributed by atoms with Gasteiger partial charge in [-0.15, -0.1) is 0 Å². The first kappa shape index (κ1) is 16.5. The van der Waals surface area contributed by atoms with Crippen LogP contribution in [0.25, 0.3) is 0 Å². The van der Waals surface area contributed by atoms with Gasteiger partial charge < -0.3 is 5.11 Å². The van der Waals surface area contributed by atoms with Crippen molar-refractivity contribution in [1.82, 2.24) is 4.72 Å². The summed E-state index contributed by atoms with van der Waals surface area (Å²) in [6.07, 6.45) is 4.37. The summed E-state index contributed by atoms with van der Waals surface area (Å²) in [5.41, 5.74) is 0.225. The lowest BCUT2D eigenvalue weighted by molar-refractivity contribution is 0.00945. The maximum atomic E-state index is 12.3. The average molecular weight is 311 g/mol. The van der Waals surface area contributed by atoms with Crippen molar-refractivity contribution in [2.75, 3.05) is 6.54 Å². The third-order valence-corrected chi connectivity index (χ3v) is 5.65. The third-order valence-electron chi connectivity index (χ3n) is 4.23. The van der Waals surface area contributed by atoms with Crippen LogP contribution in [0.2, 0.25) is 0 Å². The van der Waals surface area contributed by atoms with Crippen LogP contribution in [0.5, 0.6) is 0 Å². The fourth-order valence-electron chi connectivity index (χ4n) is 2.73. The van der Waals surface area contributed by atoms with Gasteiger partial charge in [0, 0.05) is 6.54 Å². The zero-order chi connectivity index (χ0) is 15.5. The predicted molar refractivity (Wildman–Crippen MR) is 83.8 cm³/mol. The third kappa shape index (κ3) is 4.28. The number of hydrogen-bond donors (Lipinski definition) is 2. The minimum atomic E-state index is -3.55. The van der Waals surface area contributed by atoms with Crippen molar-refractivity contribution in [2.24, 2.45) is 0 Å². The largest absolute Gasteiger partial charge is 0.389 e. The smallest absolute Gasteiger partial charge is 0.240 e. The summed E-state index contributed by atoms with van der Waals surface area (Å²) in [6.45, 7) is 4.24. The number of hydrogen-bond acceptors (Lipinski definition) is 3. The molecule has 1 aromatic rings. The zero-order valence-corrected chi connectivity index (χ0v) is 13.6. The Labute approximate surface area is 127 Å². The molecule has 0 aromatic heterocycles. The molecule has 1 saturated carbocycles. The van der Waals surface area contributed by atoms with Crippen molar-refractivity contribution in [3.63, 3.8) is 0 Å². The van der Waals surface area contributed by atoms with Crippen LogP contribution in [-0.4, -0.2) is 25.7 Å². The summed E-state index contributed by atoms with van der Waals surface area (Å²) in [5.74, 6) is 0.373. The van der Waals surface area contributed by atoms with E-state index in [2.05, 4.69) is 18.6 Å². The quantitative estimate of drug-likeness (QED) is 0.878. The molecule has 0 saturated heterocycles. The van der Waals surface area contributed by atoms with Gasteiger partial charge in [0.2, 0.25) is 10.0 Å². The van der Waals surface area contributed by atoms with E-state index < -0.39 is 15.6 Å². The van der Waals surface area contributed by atoms with E-state index >= 15 is 0 Å². The monoisotopic (exact) mass is 311 g/mol. The SMILES string of the molecule is CC(C)c1ccc(S(=O)(=O)NCC2(O)CCCCC2)cc1. The van der Waals surface area contributed by atoms with Crippen LogP contribution in [0.1, 0.15) is 57.4 Å². The van der Waals surface area contributed by atoms with Gasteiger partial charge in [-0.25, -0.2) is 13.1 Å². The second kappa shape index (κ2) is 6.46. The van der Waals surface area contributed by atoms with E-state index in [1.54, 1.807) is 12.1 Å². The number of rotatable bonds is 5. The standard InChI is InChI=1S/C16H25NO3S/c1-13(2)14-6-8-15(9-7-14)21(19,20)17-12-16(18)10-4-3-5-11-16/h6-9,13,17-18H,3-5,10-12H2,1-2H3. The zero-order valence-electron chi connectivity index (χ0n) is 12.8. The van der Waals surface area contributed by atoms with Crippen molar-refractivity contribution >= 4 is 10.0 Å². The Morgan fingerprint density at radius 3 is 2.24 bits per heavy atom. The molecule has 0 radical (unpaired) electrons. The molecule has 118 valence electrons. The summed E-state index contributed by atoms with van der Waals surface area (Å²) in [6, 6.07) is 6.94.